The number of aromatic nitrogens is 2. The molecule has 1 N–H and O–H groups in total. The standard InChI is InChI=1S/C19H17FN4O4S2/c1-23-18(26)16-11-4-2-3-5-14(11)30-17(16)22-19(23)29-9-15(25)21-10-6-7-12(20)13(8-10)24(27)28/h6-8H,2-5,9H2,1H3,(H,21,25). The van der Waals surface area contributed by atoms with Crippen molar-refractivity contribution in [1.82, 2.24) is 9.55 Å². The van der Waals surface area contributed by atoms with Crippen LogP contribution in [-0.4, -0.2) is 26.1 Å². The number of fused-ring (bicyclic) bond motifs is 3. The summed E-state index contributed by atoms with van der Waals surface area (Å²) in [5.74, 6) is -1.47. The molecule has 0 saturated heterocycles. The molecule has 0 atom stereocenters. The summed E-state index contributed by atoms with van der Waals surface area (Å²) >= 11 is 2.64. The Balaban J connectivity index is 1.52. The van der Waals surface area contributed by atoms with Gasteiger partial charge in [-0.25, -0.2) is 4.98 Å². The Labute approximate surface area is 178 Å². The first kappa shape index (κ1) is 20.5. The molecule has 0 aliphatic heterocycles. The number of benzene rings is 1. The van der Waals surface area contributed by atoms with Crippen molar-refractivity contribution in [1.29, 1.82) is 0 Å². The van der Waals surface area contributed by atoms with Crippen LogP contribution in [0.1, 0.15) is 23.3 Å². The summed E-state index contributed by atoms with van der Waals surface area (Å²) in [6.45, 7) is 0. The molecule has 156 valence electrons. The second kappa shape index (κ2) is 8.15. The Bertz CT molecular complexity index is 1240. The van der Waals surface area contributed by atoms with Crippen LogP contribution in [0.4, 0.5) is 15.8 Å². The number of hydrogen-bond acceptors (Lipinski definition) is 7. The smallest absolute Gasteiger partial charge is 0.306 e. The fourth-order valence-corrected chi connectivity index (χ4v) is 5.53. The minimum Gasteiger partial charge on any atom is -0.325 e. The van der Waals surface area contributed by atoms with Crippen LogP contribution in [0, 0.1) is 15.9 Å². The second-order valence-corrected chi connectivity index (χ2v) is 8.94. The number of nitro groups is 1. The van der Waals surface area contributed by atoms with Gasteiger partial charge in [-0.05, 0) is 43.4 Å². The summed E-state index contributed by atoms with van der Waals surface area (Å²) in [6, 6.07) is 3.15. The number of nitrogens with one attached hydrogen (secondary N) is 1. The predicted octanol–water partition coefficient (Wildman–Crippen LogP) is 3.65. The van der Waals surface area contributed by atoms with E-state index in [0.29, 0.717) is 15.4 Å². The average molecular weight is 449 g/mol. The van der Waals surface area contributed by atoms with Crippen molar-refractivity contribution in [3.8, 4) is 0 Å². The van der Waals surface area contributed by atoms with E-state index in [2.05, 4.69) is 10.3 Å². The Morgan fingerprint density at radius 1 is 1.40 bits per heavy atom. The molecule has 0 bridgehead atoms. The van der Waals surface area contributed by atoms with Gasteiger partial charge in [0.1, 0.15) is 4.83 Å². The van der Waals surface area contributed by atoms with Crippen molar-refractivity contribution >= 4 is 50.6 Å². The number of anilines is 1. The maximum atomic E-state index is 13.4. The van der Waals surface area contributed by atoms with E-state index in [0.717, 1.165) is 55.1 Å². The lowest BCUT2D eigenvalue weighted by Crippen LogP contribution is -2.22. The number of hydrogen-bond donors (Lipinski definition) is 1. The van der Waals surface area contributed by atoms with Gasteiger partial charge in [0, 0.05) is 23.7 Å². The number of carbonyl (C=O) groups excluding carboxylic acids is 1. The molecule has 2 aromatic heterocycles. The van der Waals surface area contributed by atoms with Crippen molar-refractivity contribution in [3.63, 3.8) is 0 Å². The third-order valence-corrected chi connectivity index (χ3v) is 7.13. The SMILES string of the molecule is Cn1c(SCC(=O)Nc2ccc(F)c([N+](=O)[O-])c2)nc2sc3c(c2c1=O)CCCC3. The molecule has 11 heteroatoms. The molecule has 1 aromatic carbocycles. The average Bonchev–Trinajstić information content (AvgIpc) is 3.09. The molecule has 0 saturated carbocycles. The normalized spacial score (nSPS) is 13.3. The zero-order valence-corrected chi connectivity index (χ0v) is 17.6. The van der Waals surface area contributed by atoms with Crippen LogP contribution in [0.3, 0.4) is 0 Å². The number of nitrogens with zero attached hydrogens (tertiary/aromatic N) is 3. The third kappa shape index (κ3) is 3.82. The highest BCUT2D eigenvalue weighted by atomic mass is 32.2. The highest BCUT2D eigenvalue weighted by molar-refractivity contribution is 7.99. The number of thiophene rings is 1. The third-order valence-electron chi connectivity index (χ3n) is 4.91. The molecular weight excluding hydrogens is 431 g/mol. The van der Waals surface area contributed by atoms with Gasteiger partial charge in [0.25, 0.3) is 5.56 Å². The lowest BCUT2D eigenvalue weighted by Gasteiger charge is -2.11. The van der Waals surface area contributed by atoms with E-state index in [1.807, 2.05) is 0 Å². The van der Waals surface area contributed by atoms with Crippen molar-refractivity contribution in [3.05, 3.63) is 54.9 Å². The molecule has 0 spiro atoms. The molecule has 30 heavy (non-hydrogen) atoms. The molecule has 1 aliphatic carbocycles. The van der Waals surface area contributed by atoms with E-state index in [4.69, 9.17) is 0 Å². The van der Waals surface area contributed by atoms with Crippen LogP contribution in [-0.2, 0) is 24.7 Å². The van der Waals surface area contributed by atoms with Crippen LogP contribution in [0.25, 0.3) is 10.2 Å². The first-order valence-electron chi connectivity index (χ1n) is 9.23. The van der Waals surface area contributed by atoms with Crippen LogP contribution in [0.15, 0.2) is 28.2 Å². The van der Waals surface area contributed by atoms with Crippen molar-refractivity contribution in [2.45, 2.75) is 30.8 Å². The van der Waals surface area contributed by atoms with Crippen LogP contribution >= 0.6 is 23.1 Å². The monoisotopic (exact) mass is 448 g/mol. The summed E-state index contributed by atoms with van der Waals surface area (Å²) in [4.78, 5) is 41.6. The molecule has 0 radical (unpaired) electrons. The number of carbonyl (C=O) groups is 1. The summed E-state index contributed by atoms with van der Waals surface area (Å²) < 4.78 is 14.9. The lowest BCUT2D eigenvalue weighted by molar-refractivity contribution is -0.387. The second-order valence-electron chi connectivity index (χ2n) is 6.91. The van der Waals surface area contributed by atoms with Gasteiger partial charge in [0.15, 0.2) is 5.16 Å². The number of nitro benzene ring substituents is 1. The van der Waals surface area contributed by atoms with Crippen molar-refractivity contribution in [2.75, 3.05) is 11.1 Å². The summed E-state index contributed by atoms with van der Waals surface area (Å²) in [6.07, 6.45) is 4.04. The first-order chi connectivity index (χ1) is 14.3. The molecule has 3 aromatic rings. The number of halogens is 1. The quantitative estimate of drug-likeness (QED) is 0.276. The van der Waals surface area contributed by atoms with Gasteiger partial charge in [-0.2, -0.15) is 4.39 Å². The zero-order chi connectivity index (χ0) is 21.4. The zero-order valence-electron chi connectivity index (χ0n) is 15.9. The van der Waals surface area contributed by atoms with Crippen LogP contribution in [0.2, 0.25) is 0 Å². The molecule has 0 unspecified atom stereocenters. The largest absolute Gasteiger partial charge is 0.325 e. The Morgan fingerprint density at radius 3 is 2.93 bits per heavy atom. The minimum atomic E-state index is -0.974. The molecule has 2 heterocycles. The van der Waals surface area contributed by atoms with E-state index in [1.165, 1.54) is 15.5 Å². The molecule has 0 fully saturated rings. The molecular formula is C19H17FN4O4S2. The fourth-order valence-electron chi connectivity index (χ4n) is 3.45. The van der Waals surface area contributed by atoms with Crippen LogP contribution in [0.5, 0.6) is 0 Å². The van der Waals surface area contributed by atoms with Crippen molar-refractivity contribution in [2.24, 2.45) is 7.05 Å². The summed E-state index contributed by atoms with van der Waals surface area (Å²) in [7, 11) is 1.63. The van der Waals surface area contributed by atoms with Crippen LogP contribution < -0.4 is 10.9 Å². The first-order valence-corrected chi connectivity index (χ1v) is 11.0. The summed E-state index contributed by atoms with van der Waals surface area (Å²) in [5.41, 5.74) is 0.409. The Morgan fingerprint density at radius 2 is 2.17 bits per heavy atom. The minimum absolute atomic E-state index is 0.0535. The predicted molar refractivity (Wildman–Crippen MR) is 114 cm³/mol. The van der Waals surface area contributed by atoms with Gasteiger partial charge in [-0.1, -0.05) is 11.8 Å². The van der Waals surface area contributed by atoms with E-state index < -0.39 is 22.3 Å². The molecule has 1 amide bonds. The molecule has 4 rings (SSSR count). The van der Waals surface area contributed by atoms with Crippen molar-refractivity contribution < 1.29 is 14.1 Å². The lowest BCUT2D eigenvalue weighted by atomic mass is 9.97. The highest BCUT2D eigenvalue weighted by Crippen LogP contribution is 2.34. The number of rotatable bonds is 5. The van der Waals surface area contributed by atoms with E-state index in [1.54, 1.807) is 18.4 Å². The maximum absolute atomic E-state index is 13.4. The number of thioether (sulfide) groups is 1. The number of amides is 1. The van der Waals surface area contributed by atoms with Gasteiger partial charge in [-0.15, -0.1) is 11.3 Å². The van der Waals surface area contributed by atoms with Gasteiger partial charge in [0.05, 0.1) is 16.1 Å². The topological polar surface area (TPSA) is 107 Å². The van der Waals surface area contributed by atoms with Gasteiger partial charge in [0.2, 0.25) is 11.7 Å². The van der Waals surface area contributed by atoms with Gasteiger partial charge in [-0.3, -0.25) is 24.3 Å². The highest BCUT2D eigenvalue weighted by Gasteiger charge is 2.22. The summed E-state index contributed by atoms with van der Waals surface area (Å²) in [5, 5.41) is 14.4. The number of aryl methyl sites for hydroxylation is 2. The Kier molecular flexibility index (Phi) is 5.56. The van der Waals surface area contributed by atoms with E-state index in [-0.39, 0.29) is 17.0 Å². The van der Waals surface area contributed by atoms with Gasteiger partial charge >= 0.3 is 5.69 Å². The fraction of sp³-hybridized carbons (Fsp3) is 0.316. The van der Waals surface area contributed by atoms with E-state index in [9.17, 15) is 24.1 Å². The Hall–Kier alpha value is -2.79. The molecule has 8 nitrogen and oxygen atoms in total. The maximum Gasteiger partial charge on any atom is 0.306 e. The molecule has 1 aliphatic rings. The van der Waals surface area contributed by atoms with Gasteiger partial charge < -0.3 is 5.32 Å². The van der Waals surface area contributed by atoms with E-state index >= 15 is 0 Å².